The van der Waals surface area contributed by atoms with Crippen molar-refractivity contribution < 1.29 is 13.7 Å². The van der Waals surface area contributed by atoms with Crippen molar-refractivity contribution in [2.75, 3.05) is 30.5 Å². The number of amides is 1. The smallest absolute Gasteiger partial charge is 0.239 e. The summed E-state index contributed by atoms with van der Waals surface area (Å²) in [4.78, 5) is 11.9. The summed E-state index contributed by atoms with van der Waals surface area (Å²) in [5, 5.41) is 2.12. The Bertz CT molecular complexity index is 451. The molecule has 19 heavy (non-hydrogen) atoms. The molecule has 5 nitrogen and oxygen atoms in total. The molecule has 106 valence electrons. The van der Waals surface area contributed by atoms with Crippen LogP contribution in [0.15, 0.2) is 24.3 Å². The highest BCUT2D eigenvalue weighted by atomic mass is 32.2. The van der Waals surface area contributed by atoms with Crippen molar-refractivity contribution in [1.29, 1.82) is 0 Å². The van der Waals surface area contributed by atoms with Gasteiger partial charge in [-0.1, -0.05) is 12.1 Å². The van der Waals surface area contributed by atoms with Crippen LogP contribution in [0.4, 0.5) is 11.4 Å². The highest BCUT2D eigenvalue weighted by molar-refractivity contribution is 7.86. The van der Waals surface area contributed by atoms with Crippen molar-refractivity contribution in [3.8, 4) is 0 Å². The average Bonchev–Trinajstić information content (AvgIpc) is 2.40. The number of benzene rings is 1. The lowest BCUT2D eigenvalue weighted by molar-refractivity contribution is -0.115. The molecule has 2 atom stereocenters. The molecule has 1 amide bonds. The first-order chi connectivity index (χ1) is 9.06. The molecule has 2 unspecified atom stereocenters. The van der Waals surface area contributed by atoms with Crippen molar-refractivity contribution in [3.63, 3.8) is 0 Å². The molecule has 0 aromatic heterocycles. The summed E-state index contributed by atoms with van der Waals surface area (Å²) < 4.78 is 16.8. The number of nitrogen functional groups attached to an aromatic ring is 1. The number of nitrogens with one attached hydrogen (secondary N) is 1. The van der Waals surface area contributed by atoms with Gasteiger partial charge in [-0.3, -0.25) is 9.00 Å². The summed E-state index contributed by atoms with van der Waals surface area (Å²) in [6.07, 6.45) is 0.675. The quantitative estimate of drug-likeness (QED) is 0.585. The Kier molecular flexibility index (Phi) is 6.52. The Hall–Kier alpha value is -1.40. The van der Waals surface area contributed by atoms with E-state index in [9.17, 15) is 9.00 Å². The molecule has 1 aromatic carbocycles. The number of methoxy groups -OCH3 is 1. The second kappa shape index (κ2) is 7.91. The molecule has 0 heterocycles. The van der Waals surface area contributed by atoms with Crippen molar-refractivity contribution in [2.45, 2.75) is 18.6 Å². The van der Waals surface area contributed by atoms with Crippen LogP contribution in [0, 0.1) is 0 Å². The summed E-state index contributed by atoms with van der Waals surface area (Å²) in [7, 11) is 0.385. The van der Waals surface area contributed by atoms with Crippen molar-refractivity contribution >= 4 is 28.1 Å². The molecule has 0 saturated carbocycles. The minimum Gasteiger partial charge on any atom is -0.397 e. The molecule has 0 aliphatic heterocycles. The second-order valence-electron chi connectivity index (χ2n) is 4.15. The Labute approximate surface area is 116 Å². The van der Waals surface area contributed by atoms with Crippen molar-refractivity contribution in [3.05, 3.63) is 24.3 Å². The SMILES string of the molecule is COCCCS(=O)C(C)C(=O)Nc1ccccc1N. The molecule has 0 fully saturated rings. The standard InChI is InChI=1S/C13H20N2O3S/c1-10(19(17)9-5-8-18-2)13(16)15-12-7-4-3-6-11(12)14/h3-4,6-7,10H,5,8-9,14H2,1-2H3,(H,15,16). The second-order valence-corrected chi connectivity index (χ2v) is 6.03. The summed E-state index contributed by atoms with van der Waals surface area (Å²) in [6.45, 7) is 2.20. The summed E-state index contributed by atoms with van der Waals surface area (Å²) >= 11 is 0. The first kappa shape index (κ1) is 15.7. The van der Waals surface area contributed by atoms with Crippen LogP contribution in [0.1, 0.15) is 13.3 Å². The van der Waals surface area contributed by atoms with Crippen LogP contribution in [0.2, 0.25) is 0 Å². The fraction of sp³-hybridized carbons (Fsp3) is 0.462. The van der Waals surface area contributed by atoms with Crippen LogP contribution >= 0.6 is 0 Å². The number of para-hydroxylation sites is 2. The van der Waals surface area contributed by atoms with E-state index in [1.54, 1.807) is 38.3 Å². The highest BCUT2D eigenvalue weighted by Crippen LogP contribution is 2.17. The van der Waals surface area contributed by atoms with Crippen LogP contribution in [0.5, 0.6) is 0 Å². The molecule has 0 saturated heterocycles. The third kappa shape index (κ3) is 5.00. The van der Waals surface area contributed by atoms with Gasteiger partial charge in [0.2, 0.25) is 5.91 Å². The molecule has 0 spiro atoms. The largest absolute Gasteiger partial charge is 0.397 e. The van der Waals surface area contributed by atoms with Crippen LogP contribution in [0.25, 0.3) is 0 Å². The maximum atomic E-state index is 11.9. The number of ether oxygens (including phenoxy) is 1. The zero-order valence-electron chi connectivity index (χ0n) is 11.2. The minimum absolute atomic E-state index is 0.284. The highest BCUT2D eigenvalue weighted by Gasteiger charge is 2.20. The van der Waals surface area contributed by atoms with Gasteiger partial charge in [0, 0.05) is 30.3 Å². The van der Waals surface area contributed by atoms with Gasteiger partial charge in [0.1, 0.15) is 5.25 Å². The molecule has 0 aliphatic rings. The number of hydrogen-bond donors (Lipinski definition) is 2. The monoisotopic (exact) mass is 284 g/mol. The lowest BCUT2D eigenvalue weighted by atomic mass is 10.2. The normalized spacial score (nSPS) is 13.8. The fourth-order valence-electron chi connectivity index (χ4n) is 1.49. The number of anilines is 2. The van der Waals surface area contributed by atoms with E-state index in [2.05, 4.69) is 5.32 Å². The molecule has 0 bridgehead atoms. The third-order valence-corrected chi connectivity index (χ3v) is 4.37. The molecule has 1 aromatic rings. The molecular weight excluding hydrogens is 264 g/mol. The molecule has 1 rings (SSSR count). The van der Waals surface area contributed by atoms with E-state index < -0.39 is 16.0 Å². The Morgan fingerprint density at radius 3 is 2.79 bits per heavy atom. The summed E-state index contributed by atoms with van der Waals surface area (Å²) in [5.74, 6) is 0.167. The molecule has 0 aliphatic carbocycles. The van der Waals surface area contributed by atoms with E-state index in [-0.39, 0.29) is 5.91 Å². The van der Waals surface area contributed by atoms with Crippen LogP contribution in [0.3, 0.4) is 0 Å². The first-order valence-electron chi connectivity index (χ1n) is 6.07. The van der Waals surface area contributed by atoms with E-state index in [1.807, 2.05) is 0 Å². The molecular formula is C13H20N2O3S. The number of hydrogen-bond acceptors (Lipinski definition) is 4. The number of carbonyl (C=O) groups excluding carboxylic acids is 1. The fourth-order valence-corrected chi connectivity index (χ4v) is 2.54. The number of nitrogens with two attached hydrogens (primary N) is 1. The lowest BCUT2D eigenvalue weighted by Gasteiger charge is -2.13. The predicted molar refractivity (Wildman–Crippen MR) is 78.4 cm³/mol. The molecule has 6 heteroatoms. The van der Waals surface area contributed by atoms with E-state index in [4.69, 9.17) is 10.5 Å². The van der Waals surface area contributed by atoms with Crippen molar-refractivity contribution in [2.24, 2.45) is 0 Å². The van der Waals surface area contributed by atoms with Gasteiger partial charge >= 0.3 is 0 Å². The van der Waals surface area contributed by atoms with Gasteiger partial charge < -0.3 is 15.8 Å². The molecule has 0 radical (unpaired) electrons. The van der Waals surface area contributed by atoms with E-state index in [0.29, 0.717) is 30.2 Å². The summed E-state index contributed by atoms with van der Waals surface area (Å²) in [5.41, 5.74) is 6.78. The predicted octanol–water partition coefficient (Wildman–Crippen LogP) is 1.38. The zero-order chi connectivity index (χ0) is 14.3. The third-order valence-electron chi connectivity index (χ3n) is 2.68. The van der Waals surface area contributed by atoms with Crippen LogP contribution in [-0.4, -0.2) is 34.8 Å². The van der Waals surface area contributed by atoms with Gasteiger partial charge in [-0.05, 0) is 25.5 Å². The maximum Gasteiger partial charge on any atom is 0.239 e. The van der Waals surface area contributed by atoms with Gasteiger partial charge in [0.15, 0.2) is 0 Å². The van der Waals surface area contributed by atoms with Gasteiger partial charge in [0.05, 0.1) is 11.4 Å². The van der Waals surface area contributed by atoms with E-state index in [0.717, 1.165) is 0 Å². The lowest BCUT2D eigenvalue weighted by Crippen LogP contribution is -2.30. The van der Waals surface area contributed by atoms with Gasteiger partial charge in [-0.15, -0.1) is 0 Å². The van der Waals surface area contributed by atoms with Gasteiger partial charge in [-0.2, -0.15) is 0 Å². The number of carbonyl (C=O) groups is 1. The Morgan fingerprint density at radius 1 is 1.47 bits per heavy atom. The van der Waals surface area contributed by atoms with Crippen LogP contribution < -0.4 is 11.1 Å². The Balaban J connectivity index is 2.53. The number of rotatable bonds is 7. The van der Waals surface area contributed by atoms with E-state index >= 15 is 0 Å². The Morgan fingerprint density at radius 2 is 2.16 bits per heavy atom. The van der Waals surface area contributed by atoms with Crippen LogP contribution in [-0.2, 0) is 20.3 Å². The van der Waals surface area contributed by atoms with Gasteiger partial charge in [-0.25, -0.2) is 0 Å². The average molecular weight is 284 g/mol. The zero-order valence-corrected chi connectivity index (χ0v) is 12.0. The maximum absolute atomic E-state index is 11.9. The van der Waals surface area contributed by atoms with Crippen molar-refractivity contribution in [1.82, 2.24) is 0 Å². The van der Waals surface area contributed by atoms with Gasteiger partial charge in [0.25, 0.3) is 0 Å². The minimum atomic E-state index is -1.21. The topological polar surface area (TPSA) is 81.4 Å². The van der Waals surface area contributed by atoms with E-state index in [1.165, 1.54) is 0 Å². The first-order valence-corrected chi connectivity index (χ1v) is 7.46. The molecule has 3 N–H and O–H groups in total. The summed E-state index contributed by atoms with van der Waals surface area (Å²) in [6, 6.07) is 6.99.